The van der Waals surface area contributed by atoms with Gasteiger partial charge in [-0.2, -0.15) is 0 Å². The summed E-state index contributed by atoms with van der Waals surface area (Å²) in [6.07, 6.45) is 9.62. The molecule has 0 aliphatic heterocycles. The summed E-state index contributed by atoms with van der Waals surface area (Å²) < 4.78 is 0. The Morgan fingerprint density at radius 3 is 2.38 bits per heavy atom. The summed E-state index contributed by atoms with van der Waals surface area (Å²) in [6, 6.07) is 0. The van der Waals surface area contributed by atoms with Crippen LogP contribution in [0.4, 0.5) is 0 Å². The van der Waals surface area contributed by atoms with Crippen LogP contribution in [-0.4, -0.2) is 30.6 Å². The second-order valence-corrected chi connectivity index (χ2v) is 6.36. The van der Waals surface area contributed by atoms with Crippen LogP contribution in [-0.2, 0) is 0 Å². The molecule has 0 unspecified atom stereocenters. The van der Waals surface area contributed by atoms with E-state index in [0.717, 1.165) is 12.3 Å². The molecule has 1 fully saturated rings. The molecule has 1 saturated carbocycles. The van der Waals surface area contributed by atoms with Crippen molar-refractivity contribution in [3.63, 3.8) is 0 Å². The molecule has 0 atom stereocenters. The zero-order valence-electron chi connectivity index (χ0n) is 11.5. The van der Waals surface area contributed by atoms with Crippen LogP contribution >= 0.6 is 0 Å². The normalized spacial score (nSPS) is 19.3. The maximum atomic E-state index is 5.99. The lowest BCUT2D eigenvalue weighted by Gasteiger charge is -2.27. The van der Waals surface area contributed by atoms with Crippen molar-refractivity contribution in [3.8, 4) is 0 Å². The zero-order chi connectivity index (χ0) is 12.0. The lowest BCUT2D eigenvalue weighted by atomic mass is 9.89. The summed E-state index contributed by atoms with van der Waals surface area (Å²) in [4.78, 5) is 2.50. The number of rotatable bonds is 6. The molecule has 2 heteroatoms. The summed E-state index contributed by atoms with van der Waals surface area (Å²) in [5.74, 6) is 0.963. The van der Waals surface area contributed by atoms with Crippen molar-refractivity contribution in [3.05, 3.63) is 0 Å². The Morgan fingerprint density at radius 2 is 1.81 bits per heavy atom. The van der Waals surface area contributed by atoms with E-state index in [1.807, 2.05) is 0 Å². The third kappa shape index (κ3) is 6.49. The van der Waals surface area contributed by atoms with Crippen LogP contribution in [0.1, 0.15) is 58.8 Å². The summed E-state index contributed by atoms with van der Waals surface area (Å²) in [5.41, 5.74) is 5.99. The second kappa shape index (κ2) is 6.61. The molecular formula is C14H30N2. The van der Waals surface area contributed by atoms with E-state index in [9.17, 15) is 0 Å². The van der Waals surface area contributed by atoms with Gasteiger partial charge in [0.15, 0.2) is 0 Å². The van der Waals surface area contributed by atoms with Gasteiger partial charge in [-0.3, -0.25) is 0 Å². The Labute approximate surface area is 102 Å². The zero-order valence-corrected chi connectivity index (χ0v) is 11.5. The number of hydrogen-bond acceptors (Lipinski definition) is 2. The molecule has 16 heavy (non-hydrogen) atoms. The van der Waals surface area contributed by atoms with Crippen LogP contribution in [0, 0.1) is 5.92 Å². The van der Waals surface area contributed by atoms with Crippen molar-refractivity contribution in [1.29, 1.82) is 0 Å². The van der Waals surface area contributed by atoms with Crippen molar-refractivity contribution >= 4 is 0 Å². The Bertz CT molecular complexity index is 178. The monoisotopic (exact) mass is 226 g/mol. The first kappa shape index (κ1) is 14.0. The predicted molar refractivity (Wildman–Crippen MR) is 71.6 cm³/mol. The molecule has 0 spiro atoms. The van der Waals surface area contributed by atoms with Gasteiger partial charge in [0.1, 0.15) is 0 Å². The molecule has 0 heterocycles. The number of hydrogen-bond donors (Lipinski definition) is 1. The van der Waals surface area contributed by atoms with Crippen LogP contribution < -0.4 is 5.73 Å². The predicted octanol–water partition coefficient (Wildman–Crippen LogP) is 3.02. The topological polar surface area (TPSA) is 29.3 Å². The van der Waals surface area contributed by atoms with Gasteiger partial charge in [-0.1, -0.05) is 19.3 Å². The van der Waals surface area contributed by atoms with Gasteiger partial charge in [0, 0.05) is 12.1 Å². The third-order valence-electron chi connectivity index (χ3n) is 3.66. The molecule has 2 nitrogen and oxygen atoms in total. The van der Waals surface area contributed by atoms with Gasteiger partial charge >= 0.3 is 0 Å². The van der Waals surface area contributed by atoms with E-state index in [4.69, 9.17) is 5.73 Å². The lowest BCUT2D eigenvalue weighted by Crippen LogP contribution is -2.34. The quantitative estimate of drug-likeness (QED) is 0.754. The molecule has 1 aliphatic carbocycles. The van der Waals surface area contributed by atoms with Gasteiger partial charge in [0.2, 0.25) is 0 Å². The molecule has 2 N–H and O–H groups in total. The van der Waals surface area contributed by atoms with Gasteiger partial charge in [0.05, 0.1) is 0 Å². The average Bonchev–Trinajstić information content (AvgIpc) is 2.17. The van der Waals surface area contributed by atoms with Crippen LogP contribution in [0.3, 0.4) is 0 Å². The van der Waals surface area contributed by atoms with Gasteiger partial charge in [-0.25, -0.2) is 0 Å². The van der Waals surface area contributed by atoms with Crippen LogP contribution in [0.2, 0.25) is 0 Å². The van der Waals surface area contributed by atoms with Crippen molar-refractivity contribution in [2.45, 2.75) is 64.3 Å². The molecule has 0 radical (unpaired) electrons. The number of nitrogens with zero attached hydrogens (tertiary/aromatic N) is 1. The highest BCUT2D eigenvalue weighted by Crippen LogP contribution is 2.24. The van der Waals surface area contributed by atoms with E-state index in [0.29, 0.717) is 0 Å². The van der Waals surface area contributed by atoms with Crippen molar-refractivity contribution in [2.75, 3.05) is 20.1 Å². The molecule has 96 valence electrons. The standard InChI is InChI=1S/C14H30N2/c1-14(2,15)10-7-11-16(3)12-13-8-5-4-6-9-13/h13H,4-12,15H2,1-3H3. The molecule has 0 bridgehead atoms. The second-order valence-electron chi connectivity index (χ2n) is 6.36. The highest BCUT2D eigenvalue weighted by atomic mass is 15.1. The summed E-state index contributed by atoms with van der Waals surface area (Å²) in [6.45, 7) is 6.74. The third-order valence-corrected chi connectivity index (χ3v) is 3.66. The minimum absolute atomic E-state index is 0.00563. The molecule has 1 rings (SSSR count). The Morgan fingerprint density at radius 1 is 1.19 bits per heavy atom. The summed E-state index contributed by atoms with van der Waals surface area (Å²) in [7, 11) is 2.26. The molecule has 0 aromatic carbocycles. The van der Waals surface area contributed by atoms with Crippen molar-refractivity contribution in [2.24, 2.45) is 11.7 Å². The summed E-state index contributed by atoms with van der Waals surface area (Å²) in [5, 5.41) is 0. The van der Waals surface area contributed by atoms with Crippen molar-refractivity contribution in [1.82, 2.24) is 4.90 Å². The largest absolute Gasteiger partial charge is 0.326 e. The summed E-state index contributed by atoms with van der Waals surface area (Å²) >= 11 is 0. The van der Waals surface area contributed by atoms with Crippen LogP contribution in [0.15, 0.2) is 0 Å². The Kier molecular flexibility index (Phi) is 5.77. The minimum Gasteiger partial charge on any atom is -0.326 e. The molecular weight excluding hydrogens is 196 g/mol. The minimum atomic E-state index is 0.00563. The highest BCUT2D eigenvalue weighted by molar-refractivity contribution is 4.73. The fourth-order valence-corrected chi connectivity index (χ4v) is 2.71. The molecule has 1 aliphatic rings. The van der Waals surface area contributed by atoms with E-state index in [2.05, 4.69) is 25.8 Å². The smallest absolute Gasteiger partial charge is 0.00975 e. The SMILES string of the molecule is CN(CCCC(C)(C)N)CC1CCCCC1. The Balaban J connectivity index is 2.08. The van der Waals surface area contributed by atoms with Crippen molar-refractivity contribution < 1.29 is 0 Å². The van der Waals surface area contributed by atoms with E-state index >= 15 is 0 Å². The number of nitrogens with two attached hydrogens (primary N) is 1. The maximum Gasteiger partial charge on any atom is 0.00975 e. The van der Waals surface area contributed by atoms with Gasteiger partial charge in [0.25, 0.3) is 0 Å². The molecule has 0 aromatic rings. The van der Waals surface area contributed by atoms with Crippen LogP contribution in [0.25, 0.3) is 0 Å². The molecule has 0 aromatic heterocycles. The van der Waals surface area contributed by atoms with E-state index in [1.165, 1.54) is 51.6 Å². The average molecular weight is 226 g/mol. The first-order chi connectivity index (χ1) is 7.47. The van der Waals surface area contributed by atoms with Crippen LogP contribution in [0.5, 0.6) is 0 Å². The Hall–Kier alpha value is -0.0800. The van der Waals surface area contributed by atoms with E-state index < -0.39 is 0 Å². The van der Waals surface area contributed by atoms with E-state index in [1.54, 1.807) is 0 Å². The fraction of sp³-hybridized carbons (Fsp3) is 1.00. The molecule has 0 saturated heterocycles. The first-order valence-corrected chi connectivity index (χ1v) is 6.95. The fourth-order valence-electron chi connectivity index (χ4n) is 2.71. The van der Waals surface area contributed by atoms with Gasteiger partial charge < -0.3 is 10.6 Å². The highest BCUT2D eigenvalue weighted by Gasteiger charge is 2.16. The first-order valence-electron chi connectivity index (χ1n) is 6.95. The van der Waals surface area contributed by atoms with E-state index in [-0.39, 0.29) is 5.54 Å². The molecule has 0 amide bonds. The maximum absolute atomic E-state index is 5.99. The lowest BCUT2D eigenvalue weighted by molar-refractivity contribution is 0.226. The van der Waals surface area contributed by atoms with Gasteiger partial charge in [-0.15, -0.1) is 0 Å². The van der Waals surface area contributed by atoms with Gasteiger partial charge in [-0.05, 0) is 59.0 Å².